The van der Waals surface area contributed by atoms with Crippen LogP contribution in [0.1, 0.15) is 67.2 Å². The number of rotatable bonds is 3. The SMILES string of the molecule is CCc1nc(-c2cc(CC(C)(C)C)c3c(c2)C2(c4ccccc4-c4ccccc42)c2ccccc2-3)nc(C(Cl)(Cl)Cl)n1. The molecule has 2 aliphatic rings. The molecule has 0 aliphatic heterocycles. The second-order valence-electron chi connectivity index (χ2n) is 12.4. The van der Waals surface area contributed by atoms with Crippen molar-refractivity contribution in [3.05, 3.63) is 124 Å². The molecular weight excluding hydrogens is 581 g/mol. The summed E-state index contributed by atoms with van der Waals surface area (Å²) in [7, 11) is 0. The molecule has 4 aromatic carbocycles. The number of aryl methyl sites for hydroxylation is 1. The van der Waals surface area contributed by atoms with Gasteiger partial charge in [-0.15, -0.1) is 0 Å². The lowest BCUT2D eigenvalue weighted by Gasteiger charge is -2.31. The second kappa shape index (κ2) is 9.64. The molecule has 0 amide bonds. The van der Waals surface area contributed by atoms with Crippen LogP contribution in [0.15, 0.2) is 84.9 Å². The highest BCUT2D eigenvalue weighted by molar-refractivity contribution is 6.66. The van der Waals surface area contributed by atoms with Gasteiger partial charge in [-0.2, -0.15) is 0 Å². The first kappa shape index (κ1) is 27.6. The molecule has 6 heteroatoms. The maximum absolute atomic E-state index is 6.31. The molecule has 0 radical (unpaired) electrons. The van der Waals surface area contributed by atoms with E-state index in [4.69, 9.17) is 44.8 Å². The molecule has 0 atom stereocenters. The van der Waals surface area contributed by atoms with Crippen LogP contribution in [0.25, 0.3) is 33.6 Å². The van der Waals surface area contributed by atoms with E-state index in [0.29, 0.717) is 18.1 Å². The van der Waals surface area contributed by atoms with Crippen LogP contribution in [0.3, 0.4) is 0 Å². The predicted octanol–water partition coefficient (Wildman–Crippen LogP) is 9.86. The van der Waals surface area contributed by atoms with E-state index in [0.717, 1.165) is 12.0 Å². The van der Waals surface area contributed by atoms with Crippen molar-refractivity contribution in [3.8, 4) is 33.6 Å². The van der Waals surface area contributed by atoms with Gasteiger partial charge < -0.3 is 0 Å². The number of hydrogen-bond donors (Lipinski definition) is 0. The van der Waals surface area contributed by atoms with Crippen LogP contribution in [0, 0.1) is 5.41 Å². The van der Waals surface area contributed by atoms with Gasteiger partial charge in [-0.25, -0.2) is 15.0 Å². The Labute approximate surface area is 262 Å². The summed E-state index contributed by atoms with van der Waals surface area (Å²) < 4.78 is -1.76. The zero-order chi connectivity index (χ0) is 29.4. The number of fused-ring (bicyclic) bond motifs is 10. The second-order valence-corrected chi connectivity index (χ2v) is 14.7. The zero-order valence-electron chi connectivity index (χ0n) is 24.0. The highest BCUT2D eigenvalue weighted by Gasteiger charge is 2.52. The molecule has 42 heavy (non-hydrogen) atoms. The standard InChI is InChI=1S/C36H30Cl3N3/c1-5-30-40-32(42-33(41-30)36(37,38)39)21-18-22(20-34(2,3)4)31-25-14-8-11-17-28(25)35(29(31)19-21)26-15-9-6-12-23(26)24-13-7-10-16-27(24)35/h6-19H,5,20H2,1-4H3. The van der Waals surface area contributed by atoms with Crippen LogP contribution in [0.5, 0.6) is 0 Å². The average molecular weight is 611 g/mol. The summed E-state index contributed by atoms with van der Waals surface area (Å²) in [5.41, 5.74) is 12.0. The maximum atomic E-state index is 6.31. The topological polar surface area (TPSA) is 38.7 Å². The fraction of sp³-hybridized carbons (Fsp3) is 0.250. The summed E-state index contributed by atoms with van der Waals surface area (Å²) >= 11 is 18.9. The van der Waals surface area contributed by atoms with Crippen molar-refractivity contribution in [1.82, 2.24) is 15.0 Å². The third-order valence-electron chi connectivity index (χ3n) is 8.41. The third kappa shape index (κ3) is 4.12. The third-order valence-corrected chi connectivity index (χ3v) is 8.91. The lowest BCUT2D eigenvalue weighted by molar-refractivity contribution is 0.411. The normalized spacial score (nSPS) is 14.5. The number of halogens is 3. The lowest BCUT2D eigenvalue weighted by atomic mass is 9.70. The monoisotopic (exact) mass is 609 g/mol. The van der Waals surface area contributed by atoms with Gasteiger partial charge in [0, 0.05) is 12.0 Å². The van der Waals surface area contributed by atoms with Crippen LogP contribution in [-0.2, 0) is 22.0 Å². The molecule has 1 aromatic heterocycles. The van der Waals surface area contributed by atoms with E-state index in [2.05, 4.69) is 111 Å². The summed E-state index contributed by atoms with van der Waals surface area (Å²) in [4.78, 5) is 14.0. The minimum absolute atomic E-state index is 0.0407. The molecule has 2 aliphatic carbocycles. The van der Waals surface area contributed by atoms with Crippen molar-refractivity contribution in [2.75, 3.05) is 0 Å². The first-order valence-electron chi connectivity index (χ1n) is 14.3. The number of hydrogen-bond acceptors (Lipinski definition) is 3. The molecule has 210 valence electrons. The van der Waals surface area contributed by atoms with Crippen LogP contribution in [-0.4, -0.2) is 15.0 Å². The maximum Gasteiger partial charge on any atom is 0.250 e. The highest BCUT2D eigenvalue weighted by atomic mass is 35.6. The summed E-state index contributed by atoms with van der Waals surface area (Å²) in [6, 6.07) is 31.0. The number of alkyl halides is 3. The van der Waals surface area contributed by atoms with Gasteiger partial charge in [-0.1, -0.05) is 135 Å². The Morgan fingerprint density at radius 2 is 1.21 bits per heavy atom. The molecule has 3 nitrogen and oxygen atoms in total. The summed E-state index contributed by atoms with van der Waals surface area (Å²) in [5.74, 6) is 1.25. The molecule has 0 fully saturated rings. The molecular formula is C36H30Cl3N3. The van der Waals surface area contributed by atoms with Crippen molar-refractivity contribution in [3.63, 3.8) is 0 Å². The Bertz CT molecular complexity index is 1840. The number of benzene rings is 4. The molecule has 0 saturated heterocycles. The molecule has 7 rings (SSSR count). The largest absolute Gasteiger partial charge is 0.250 e. The lowest BCUT2D eigenvalue weighted by Crippen LogP contribution is -2.26. The summed E-state index contributed by atoms with van der Waals surface area (Å²) in [5, 5.41) is 0. The molecule has 0 N–H and O–H groups in total. The summed E-state index contributed by atoms with van der Waals surface area (Å²) in [6.07, 6.45) is 1.47. The van der Waals surface area contributed by atoms with E-state index >= 15 is 0 Å². The van der Waals surface area contributed by atoms with E-state index in [-0.39, 0.29) is 11.2 Å². The summed E-state index contributed by atoms with van der Waals surface area (Å²) in [6.45, 7) is 8.83. The van der Waals surface area contributed by atoms with Gasteiger partial charge in [-0.3, -0.25) is 0 Å². The molecule has 0 saturated carbocycles. The van der Waals surface area contributed by atoms with Gasteiger partial charge in [-0.05, 0) is 74.0 Å². The van der Waals surface area contributed by atoms with Crippen molar-refractivity contribution < 1.29 is 0 Å². The zero-order valence-corrected chi connectivity index (χ0v) is 26.2. The van der Waals surface area contributed by atoms with Gasteiger partial charge in [0.25, 0.3) is 0 Å². The fourth-order valence-corrected chi connectivity index (χ4v) is 7.23. The van der Waals surface area contributed by atoms with Gasteiger partial charge in [0.15, 0.2) is 11.6 Å². The highest BCUT2D eigenvalue weighted by Crippen LogP contribution is 2.63. The molecule has 5 aromatic rings. The molecule has 1 spiro atoms. The van der Waals surface area contributed by atoms with E-state index in [1.807, 2.05) is 6.92 Å². The molecule has 0 unspecified atom stereocenters. The van der Waals surface area contributed by atoms with E-state index in [1.165, 1.54) is 50.1 Å². The Hall–Kier alpha value is -3.24. The Morgan fingerprint density at radius 1 is 0.667 bits per heavy atom. The van der Waals surface area contributed by atoms with Gasteiger partial charge in [0.05, 0.1) is 5.41 Å². The van der Waals surface area contributed by atoms with Crippen LogP contribution < -0.4 is 0 Å². The first-order chi connectivity index (χ1) is 20.0. The Balaban J connectivity index is 1.62. The first-order valence-corrected chi connectivity index (χ1v) is 15.4. The fourth-order valence-electron chi connectivity index (χ4n) is 6.98. The number of aromatic nitrogens is 3. The smallest absolute Gasteiger partial charge is 0.213 e. The van der Waals surface area contributed by atoms with Crippen LogP contribution >= 0.6 is 34.8 Å². The quantitative estimate of drug-likeness (QED) is 0.187. The van der Waals surface area contributed by atoms with Crippen LogP contribution in [0.2, 0.25) is 0 Å². The minimum Gasteiger partial charge on any atom is -0.213 e. The van der Waals surface area contributed by atoms with E-state index in [1.54, 1.807) is 0 Å². The van der Waals surface area contributed by atoms with Crippen LogP contribution in [0.4, 0.5) is 0 Å². The Morgan fingerprint density at radius 3 is 1.76 bits per heavy atom. The number of nitrogens with zero attached hydrogens (tertiary/aromatic N) is 3. The van der Waals surface area contributed by atoms with Gasteiger partial charge >= 0.3 is 0 Å². The van der Waals surface area contributed by atoms with Gasteiger partial charge in [0.1, 0.15) is 5.82 Å². The van der Waals surface area contributed by atoms with Crippen molar-refractivity contribution in [1.29, 1.82) is 0 Å². The predicted molar refractivity (Wildman–Crippen MR) is 173 cm³/mol. The average Bonchev–Trinajstić information content (AvgIpc) is 3.43. The minimum atomic E-state index is -1.76. The van der Waals surface area contributed by atoms with Crippen molar-refractivity contribution in [2.24, 2.45) is 5.41 Å². The van der Waals surface area contributed by atoms with Gasteiger partial charge in [0.2, 0.25) is 3.79 Å². The van der Waals surface area contributed by atoms with E-state index < -0.39 is 9.21 Å². The van der Waals surface area contributed by atoms with Crippen molar-refractivity contribution in [2.45, 2.75) is 49.7 Å². The van der Waals surface area contributed by atoms with Crippen molar-refractivity contribution >= 4 is 34.8 Å². The van der Waals surface area contributed by atoms with E-state index in [9.17, 15) is 0 Å². The molecule has 0 bridgehead atoms. The molecule has 1 heterocycles. The Kier molecular flexibility index (Phi) is 6.33.